The van der Waals surface area contributed by atoms with Crippen LogP contribution in [0.4, 0.5) is 17.8 Å². The minimum Gasteiger partial charge on any atom is -0.368 e. The van der Waals surface area contributed by atoms with Gasteiger partial charge in [0.1, 0.15) is 0 Å². The van der Waals surface area contributed by atoms with E-state index in [1.54, 1.807) is 0 Å². The van der Waals surface area contributed by atoms with Crippen molar-refractivity contribution in [2.75, 3.05) is 36.2 Å². The Morgan fingerprint density at radius 3 is 2.61 bits per heavy atom. The SMILES string of the molecule is CC1CCCN(c2nc(N)nc(N(C)C)n2)C1C. The summed E-state index contributed by atoms with van der Waals surface area (Å²) in [5, 5.41) is 0. The summed E-state index contributed by atoms with van der Waals surface area (Å²) in [6, 6.07) is 0.440. The number of hydrogen-bond acceptors (Lipinski definition) is 6. The molecule has 1 aromatic heterocycles. The predicted octanol–water partition coefficient (Wildman–Crippen LogP) is 1.14. The van der Waals surface area contributed by atoms with E-state index in [4.69, 9.17) is 5.73 Å². The van der Waals surface area contributed by atoms with E-state index in [9.17, 15) is 0 Å². The van der Waals surface area contributed by atoms with Crippen LogP contribution in [-0.4, -0.2) is 41.6 Å². The van der Waals surface area contributed by atoms with Crippen molar-refractivity contribution in [3.8, 4) is 0 Å². The van der Waals surface area contributed by atoms with Gasteiger partial charge in [0.25, 0.3) is 0 Å². The number of nitrogens with zero attached hydrogens (tertiary/aromatic N) is 5. The molecule has 6 heteroatoms. The van der Waals surface area contributed by atoms with E-state index in [1.807, 2.05) is 19.0 Å². The molecule has 2 atom stereocenters. The second-order valence-corrected chi connectivity index (χ2v) is 5.24. The zero-order valence-corrected chi connectivity index (χ0v) is 11.6. The lowest BCUT2D eigenvalue weighted by Gasteiger charge is -2.38. The summed E-state index contributed by atoms with van der Waals surface area (Å²) < 4.78 is 0. The summed E-state index contributed by atoms with van der Waals surface area (Å²) in [7, 11) is 3.81. The molecule has 0 spiro atoms. The molecule has 18 heavy (non-hydrogen) atoms. The fourth-order valence-electron chi connectivity index (χ4n) is 2.32. The number of anilines is 3. The van der Waals surface area contributed by atoms with Crippen molar-refractivity contribution >= 4 is 17.8 Å². The Kier molecular flexibility index (Phi) is 3.54. The topological polar surface area (TPSA) is 71.2 Å². The van der Waals surface area contributed by atoms with Gasteiger partial charge in [-0.05, 0) is 25.7 Å². The summed E-state index contributed by atoms with van der Waals surface area (Å²) in [5.74, 6) is 2.25. The monoisotopic (exact) mass is 250 g/mol. The van der Waals surface area contributed by atoms with Crippen LogP contribution in [0, 0.1) is 5.92 Å². The summed E-state index contributed by atoms with van der Waals surface area (Å²) in [4.78, 5) is 17.0. The van der Waals surface area contributed by atoms with E-state index in [1.165, 1.54) is 12.8 Å². The molecule has 6 nitrogen and oxygen atoms in total. The van der Waals surface area contributed by atoms with Gasteiger partial charge in [-0.15, -0.1) is 0 Å². The van der Waals surface area contributed by atoms with E-state index in [0.29, 0.717) is 23.9 Å². The van der Waals surface area contributed by atoms with E-state index >= 15 is 0 Å². The predicted molar refractivity (Wildman–Crippen MR) is 73.8 cm³/mol. The van der Waals surface area contributed by atoms with Crippen LogP contribution in [0.15, 0.2) is 0 Å². The van der Waals surface area contributed by atoms with E-state index in [-0.39, 0.29) is 5.95 Å². The third-order valence-corrected chi connectivity index (χ3v) is 3.66. The maximum atomic E-state index is 5.77. The molecule has 0 bridgehead atoms. The van der Waals surface area contributed by atoms with E-state index in [0.717, 1.165) is 6.54 Å². The average molecular weight is 250 g/mol. The molecule has 0 amide bonds. The summed E-state index contributed by atoms with van der Waals surface area (Å²) >= 11 is 0. The summed E-state index contributed by atoms with van der Waals surface area (Å²) in [5.41, 5.74) is 5.77. The number of aromatic nitrogens is 3. The molecule has 1 aromatic rings. The largest absolute Gasteiger partial charge is 0.368 e. The smallest absolute Gasteiger partial charge is 0.232 e. The van der Waals surface area contributed by atoms with Crippen LogP contribution < -0.4 is 15.5 Å². The van der Waals surface area contributed by atoms with Crippen LogP contribution in [0.1, 0.15) is 26.7 Å². The van der Waals surface area contributed by atoms with Gasteiger partial charge in [-0.1, -0.05) is 6.92 Å². The molecule has 2 N–H and O–H groups in total. The molecule has 0 aliphatic carbocycles. The number of nitrogen functional groups attached to an aromatic ring is 1. The first-order chi connectivity index (χ1) is 8.49. The quantitative estimate of drug-likeness (QED) is 0.849. The maximum Gasteiger partial charge on any atom is 0.232 e. The first-order valence-corrected chi connectivity index (χ1v) is 6.44. The highest BCUT2D eigenvalue weighted by molar-refractivity contribution is 5.43. The molecule has 2 unspecified atom stereocenters. The molecular formula is C12H22N6. The van der Waals surface area contributed by atoms with Crippen molar-refractivity contribution in [3.05, 3.63) is 0 Å². The third-order valence-electron chi connectivity index (χ3n) is 3.66. The van der Waals surface area contributed by atoms with Crippen molar-refractivity contribution in [1.82, 2.24) is 15.0 Å². The Bertz CT molecular complexity index is 419. The molecule has 1 aliphatic rings. The van der Waals surface area contributed by atoms with Crippen molar-refractivity contribution in [2.45, 2.75) is 32.7 Å². The van der Waals surface area contributed by atoms with E-state index < -0.39 is 0 Å². The van der Waals surface area contributed by atoms with E-state index in [2.05, 4.69) is 33.7 Å². The first kappa shape index (κ1) is 12.9. The molecule has 1 fully saturated rings. The zero-order valence-electron chi connectivity index (χ0n) is 11.6. The number of nitrogens with two attached hydrogens (primary N) is 1. The van der Waals surface area contributed by atoms with Gasteiger partial charge in [-0.25, -0.2) is 0 Å². The Morgan fingerprint density at radius 2 is 1.94 bits per heavy atom. The van der Waals surface area contributed by atoms with Crippen LogP contribution in [-0.2, 0) is 0 Å². The van der Waals surface area contributed by atoms with Crippen LogP contribution >= 0.6 is 0 Å². The zero-order chi connectivity index (χ0) is 13.3. The highest BCUT2D eigenvalue weighted by atomic mass is 15.3. The van der Waals surface area contributed by atoms with Crippen molar-refractivity contribution in [2.24, 2.45) is 5.92 Å². The van der Waals surface area contributed by atoms with Gasteiger partial charge < -0.3 is 15.5 Å². The minimum atomic E-state index is 0.286. The third kappa shape index (κ3) is 2.47. The normalized spacial score (nSPS) is 24.1. The first-order valence-electron chi connectivity index (χ1n) is 6.44. The fourth-order valence-corrected chi connectivity index (χ4v) is 2.32. The van der Waals surface area contributed by atoms with Gasteiger partial charge in [0.15, 0.2) is 0 Å². The van der Waals surface area contributed by atoms with Gasteiger partial charge in [0.2, 0.25) is 17.8 Å². The lowest BCUT2D eigenvalue weighted by atomic mass is 9.92. The van der Waals surface area contributed by atoms with Gasteiger partial charge in [0, 0.05) is 26.7 Å². The minimum absolute atomic E-state index is 0.286. The van der Waals surface area contributed by atoms with Gasteiger partial charge >= 0.3 is 0 Å². The number of rotatable bonds is 2. The molecule has 0 radical (unpaired) electrons. The van der Waals surface area contributed by atoms with Crippen LogP contribution in [0.25, 0.3) is 0 Å². The Labute approximate surface area is 108 Å². The standard InChI is InChI=1S/C12H22N6/c1-8-6-5-7-18(9(8)2)12-15-10(13)14-11(16-12)17(3)4/h8-9H,5-7H2,1-4H3,(H2,13,14,15,16). The number of piperidine rings is 1. The fraction of sp³-hybridized carbons (Fsp3) is 0.750. The van der Waals surface area contributed by atoms with Crippen molar-refractivity contribution in [1.29, 1.82) is 0 Å². The Morgan fingerprint density at radius 1 is 1.22 bits per heavy atom. The molecule has 0 saturated carbocycles. The summed E-state index contributed by atoms with van der Waals surface area (Å²) in [6.07, 6.45) is 2.44. The average Bonchev–Trinajstić information content (AvgIpc) is 2.31. The van der Waals surface area contributed by atoms with Crippen molar-refractivity contribution < 1.29 is 0 Å². The summed E-state index contributed by atoms with van der Waals surface area (Å²) in [6.45, 7) is 5.48. The van der Waals surface area contributed by atoms with Gasteiger partial charge in [-0.3, -0.25) is 0 Å². The Balaban J connectivity index is 2.32. The Hall–Kier alpha value is -1.59. The molecule has 2 heterocycles. The van der Waals surface area contributed by atoms with Crippen LogP contribution in [0.2, 0.25) is 0 Å². The van der Waals surface area contributed by atoms with Gasteiger partial charge in [-0.2, -0.15) is 15.0 Å². The molecule has 100 valence electrons. The maximum absolute atomic E-state index is 5.77. The second-order valence-electron chi connectivity index (χ2n) is 5.24. The molecule has 1 aliphatic heterocycles. The molecule has 1 saturated heterocycles. The van der Waals surface area contributed by atoms with Gasteiger partial charge in [0.05, 0.1) is 0 Å². The number of hydrogen-bond donors (Lipinski definition) is 1. The molecule has 0 aromatic carbocycles. The van der Waals surface area contributed by atoms with Crippen molar-refractivity contribution in [3.63, 3.8) is 0 Å². The van der Waals surface area contributed by atoms with Crippen LogP contribution in [0.5, 0.6) is 0 Å². The lowest BCUT2D eigenvalue weighted by molar-refractivity contribution is 0.359. The molecule has 2 rings (SSSR count). The highest BCUT2D eigenvalue weighted by Crippen LogP contribution is 2.26. The molecular weight excluding hydrogens is 228 g/mol. The second kappa shape index (κ2) is 4.96. The van der Waals surface area contributed by atoms with Crippen LogP contribution in [0.3, 0.4) is 0 Å². The lowest BCUT2D eigenvalue weighted by Crippen LogP contribution is -2.43. The highest BCUT2D eigenvalue weighted by Gasteiger charge is 2.27.